The molecule has 156 valence electrons. The van der Waals surface area contributed by atoms with Crippen molar-refractivity contribution in [3.05, 3.63) is 29.9 Å². The van der Waals surface area contributed by atoms with Crippen LogP contribution in [0.4, 0.5) is 0 Å². The molecule has 0 bridgehead atoms. The van der Waals surface area contributed by atoms with Gasteiger partial charge in [-0.25, -0.2) is 4.98 Å². The van der Waals surface area contributed by atoms with Crippen molar-refractivity contribution < 1.29 is 14.6 Å². The van der Waals surface area contributed by atoms with Crippen molar-refractivity contribution in [3.8, 4) is 0 Å². The predicted octanol–water partition coefficient (Wildman–Crippen LogP) is 2.15. The van der Waals surface area contributed by atoms with Gasteiger partial charge >= 0.3 is 0 Å². The van der Waals surface area contributed by atoms with E-state index in [2.05, 4.69) is 26.3 Å². The first-order valence-electron chi connectivity index (χ1n) is 10.3. The molecule has 7 heteroatoms. The van der Waals surface area contributed by atoms with Crippen LogP contribution in [0, 0.1) is 0 Å². The van der Waals surface area contributed by atoms with Gasteiger partial charge in [0, 0.05) is 44.6 Å². The highest BCUT2D eigenvalue weighted by Crippen LogP contribution is 2.40. The Morgan fingerprint density at radius 1 is 1.43 bits per heavy atom. The van der Waals surface area contributed by atoms with Gasteiger partial charge in [-0.15, -0.1) is 0 Å². The van der Waals surface area contributed by atoms with E-state index in [1.165, 1.54) is 5.57 Å². The molecular weight excluding hydrogens is 356 g/mol. The summed E-state index contributed by atoms with van der Waals surface area (Å²) in [5, 5.41) is 14.3. The summed E-state index contributed by atoms with van der Waals surface area (Å²) in [5.41, 5.74) is 1.08. The maximum Gasteiger partial charge on any atom is 0.220 e. The fourth-order valence-corrected chi connectivity index (χ4v) is 4.39. The highest BCUT2D eigenvalue weighted by molar-refractivity contribution is 5.77. The minimum Gasteiger partial charge on any atom is -0.388 e. The number of nitrogens with zero attached hydrogens (tertiary/aromatic N) is 2. The minimum absolute atomic E-state index is 0.00668. The molecule has 1 amide bonds. The number of aliphatic hydroxyl groups excluding tert-OH is 1. The van der Waals surface area contributed by atoms with Crippen LogP contribution in [-0.2, 0) is 16.1 Å². The molecule has 0 saturated carbocycles. The third-order valence-electron chi connectivity index (χ3n) is 6.11. The fourth-order valence-electron chi connectivity index (χ4n) is 4.39. The number of imidazole rings is 1. The van der Waals surface area contributed by atoms with Crippen LogP contribution in [0.5, 0.6) is 0 Å². The second-order valence-electron chi connectivity index (χ2n) is 8.70. The Balaban J connectivity index is 1.58. The minimum atomic E-state index is -0.713. The van der Waals surface area contributed by atoms with Gasteiger partial charge in [-0.05, 0) is 46.5 Å². The summed E-state index contributed by atoms with van der Waals surface area (Å²) in [4.78, 5) is 22.0. The quantitative estimate of drug-likeness (QED) is 0.648. The number of aromatic amines is 1. The molecule has 1 aromatic heterocycles. The molecule has 2 saturated heterocycles. The van der Waals surface area contributed by atoms with Crippen molar-refractivity contribution in [2.75, 3.05) is 19.7 Å². The third kappa shape index (κ3) is 4.82. The second kappa shape index (κ2) is 8.76. The maximum atomic E-state index is 12.4. The number of amides is 1. The molecule has 7 nitrogen and oxygen atoms in total. The number of likely N-dealkylation sites (tertiary alicyclic amines) is 1. The Labute approximate surface area is 167 Å². The van der Waals surface area contributed by atoms with Crippen molar-refractivity contribution >= 4 is 5.91 Å². The highest BCUT2D eigenvalue weighted by Gasteiger charge is 2.53. The number of hydrogen-bond donors (Lipinski definition) is 3. The van der Waals surface area contributed by atoms with Crippen molar-refractivity contribution in [3.63, 3.8) is 0 Å². The normalized spacial score (nSPS) is 27.5. The van der Waals surface area contributed by atoms with E-state index < -0.39 is 17.2 Å². The van der Waals surface area contributed by atoms with Crippen molar-refractivity contribution in [2.45, 2.75) is 76.7 Å². The number of piperidine rings is 1. The number of nitrogens with one attached hydrogen (secondary N) is 2. The number of H-pyrrole nitrogens is 1. The Kier molecular flexibility index (Phi) is 6.58. The average Bonchev–Trinajstić information content (AvgIpc) is 3.14. The molecular formula is C21H34N4O3. The van der Waals surface area contributed by atoms with Crippen LogP contribution in [0.2, 0.25) is 0 Å². The number of hydrogen-bond acceptors (Lipinski definition) is 5. The van der Waals surface area contributed by atoms with Crippen molar-refractivity contribution in [1.29, 1.82) is 0 Å². The second-order valence-corrected chi connectivity index (χ2v) is 8.70. The van der Waals surface area contributed by atoms with Gasteiger partial charge in [0.25, 0.3) is 0 Å². The van der Waals surface area contributed by atoms with Gasteiger partial charge in [0.2, 0.25) is 5.91 Å². The zero-order chi connectivity index (χ0) is 20.2. The Bertz CT molecular complexity index is 676. The number of carbonyl (C=O) groups excluding carboxylic acids is 1. The van der Waals surface area contributed by atoms with Crippen LogP contribution in [0.3, 0.4) is 0 Å². The van der Waals surface area contributed by atoms with E-state index in [9.17, 15) is 9.90 Å². The number of rotatable bonds is 6. The lowest BCUT2D eigenvalue weighted by molar-refractivity contribution is -0.208. The van der Waals surface area contributed by atoms with Gasteiger partial charge in [-0.1, -0.05) is 11.6 Å². The van der Waals surface area contributed by atoms with Crippen LogP contribution in [0.1, 0.15) is 58.6 Å². The first-order chi connectivity index (χ1) is 13.3. The molecule has 3 heterocycles. The fraction of sp³-hybridized carbons (Fsp3) is 0.714. The first-order valence-corrected chi connectivity index (χ1v) is 10.3. The first kappa shape index (κ1) is 21.0. The van der Waals surface area contributed by atoms with Crippen LogP contribution in [0.15, 0.2) is 24.2 Å². The standard InChI is InChI=1S/C21H34N4O3/c1-16(2)5-4-6-18(26)24-20(3)9-12-28-21(19(20)27)7-10-25(11-8-21)14-17-13-22-15-23-17/h5,13,15,19,27H,4,6-12,14H2,1-3H3,(H,22,23)(H,24,26)/t19-,20+/m1/s1. The van der Waals surface area contributed by atoms with Crippen LogP contribution < -0.4 is 5.32 Å². The lowest BCUT2D eigenvalue weighted by atomic mass is 9.73. The molecule has 0 unspecified atom stereocenters. The Morgan fingerprint density at radius 3 is 2.82 bits per heavy atom. The summed E-state index contributed by atoms with van der Waals surface area (Å²) >= 11 is 0. The molecule has 0 aromatic carbocycles. The van der Waals surface area contributed by atoms with Crippen molar-refractivity contribution in [2.24, 2.45) is 0 Å². The lowest BCUT2D eigenvalue weighted by Gasteiger charge is -2.53. The van der Waals surface area contributed by atoms with E-state index in [0.717, 1.165) is 44.6 Å². The maximum absolute atomic E-state index is 12.4. The van der Waals surface area contributed by atoms with E-state index >= 15 is 0 Å². The molecule has 2 aliphatic heterocycles. The highest BCUT2D eigenvalue weighted by atomic mass is 16.5. The van der Waals surface area contributed by atoms with Crippen LogP contribution >= 0.6 is 0 Å². The summed E-state index contributed by atoms with van der Waals surface area (Å²) in [6.07, 6.45) is 8.21. The molecule has 2 atom stereocenters. The molecule has 2 aliphatic rings. The van der Waals surface area contributed by atoms with Crippen molar-refractivity contribution in [1.82, 2.24) is 20.2 Å². The lowest BCUT2D eigenvalue weighted by Crippen LogP contribution is -2.69. The summed E-state index contributed by atoms with van der Waals surface area (Å²) in [6, 6.07) is 0. The van der Waals surface area contributed by atoms with E-state index in [1.807, 2.05) is 27.0 Å². The van der Waals surface area contributed by atoms with Crippen LogP contribution in [-0.4, -0.2) is 62.8 Å². The molecule has 0 radical (unpaired) electrons. The zero-order valence-electron chi connectivity index (χ0n) is 17.3. The number of allylic oxidation sites excluding steroid dienone is 2. The summed E-state index contributed by atoms with van der Waals surface area (Å²) in [7, 11) is 0. The monoisotopic (exact) mass is 390 g/mol. The van der Waals surface area contributed by atoms with Gasteiger partial charge in [-0.3, -0.25) is 9.69 Å². The molecule has 0 aliphatic carbocycles. The Hall–Kier alpha value is -1.70. The van der Waals surface area contributed by atoms with Gasteiger partial charge in [0.05, 0.1) is 17.5 Å². The zero-order valence-corrected chi connectivity index (χ0v) is 17.3. The molecule has 28 heavy (non-hydrogen) atoms. The van der Waals surface area contributed by atoms with Gasteiger partial charge in [0.1, 0.15) is 6.10 Å². The molecule has 1 spiro atoms. The van der Waals surface area contributed by atoms with Gasteiger partial charge in [-0.2, -0.15) is 0 Å². The number of carbonyl (C=O) groups is 1. The summed E-state index contributed by atoms with van der Waals surface area (Å²) < 4.78 is 6.13. The number of ether oxygens (including phenoxy) is 1. The van der Waals surface area contributed by atoms with E-state index in [1.54, 1.807) is 6.33 Å². The van der Waals surface area contributed by atoms with E-state index in [0.29, 0.717) is 19.4 Å². The third-order valence-corrected chi connectivity index (χ3v) is 6.11. The van der Waals surface area contributed by atoms with E-state index in [-0.39, 0.29) is 5.91 Å². The summed E-state index contributed by atoms with van der Waals surface area (Å²) in [6.45, 7) is 9.10. The van der Waals surface area contributed by atoms with E-state index in [4.69, 9.17) is 4.74 Å². The molecule has 3 rings (SSSR count). The molecule has 3 N–H and O–H groups in total. The smallest absolute Gasteiger partial charge is 0.220 e. The molecule has 2 fully saturated rings. The average molecular weight is 391 g/mol. The van der Waals surface area contributed by atoms with Gasteiger partial charge < -0.3 is 20.1 Å². The number of aromatic nitrogens is 2. The van der Waals surface area contributed by atoms with Gasteiger partial charge in [0.15, 0.2) is 0 Å². The predicted molar refractivity (Wildman–Crippen MR) is 108 cm³/mol. The largest absolute Gasteiger partial charge is 0.388 e. The molecule has 1 aromatic rings. The Morgan fingerprint density at radius 2 is 2.18 bits per heavy atom. The topological polar surface area (TPSA) is 90.5 Å². The summed E-state index contributed by atoms with van der Waals surface area (Å²) in [5.74, 6) is -0.00668. The van der Waals surface area contributed by atoms with Crippen LogP contribution in [0.25, 0.3) is 0 Å². The SMILES string of the molecule is CC(C)=CCCC(=O)N[C@@]1(C)CCOC2(CCN(Cc3cnc[nH]3)CC2)[C@@H]1O. The number of aliphatic hydroxyl groups is 1.